The van der Waals surface area contributed by atoms with Crippen LogP contribution < -0.4 is 11.5 Å². The molecule has 13 heavy (non-hydrogen) atoms. The fourth-order valence-electron chi connectivity index (χ4n) is 1.12. The summed E-state index contributed by atoms with van der Waals surface area (Å²) in [6.07, 6.45) is 0.606. The molecule has 6 heteroatoms. The number of nitrogens with two attached hydrogens (primary N) is 2. The van der Waals surface area contributed by atoms with E-state index in [-0.39, 0.29) is 18.2 Å². The predicted octanol–water partition coefficient (Wildman–Crippen LogP) is -0.305. The maximum Gasteiger partial charge on any atom is 0.323 e. The normalized spacial score (nSPS) is 10.2. The molecule has 1 aromatic rings. The Balaban J connectivity index is 3.08. The van der Waals surface area contributed by atoms with E-state index >= 15 is 0 Å². The van der Waals surface area contributed by atoms with Crippen molar-refractivity contribution in [2.75, 3.05) is 11.5 Å². The van der Waals surface area contributed by atoms with Crippen molar-refractivity contribution in [2.45, 2.75) is 19.9 Å². The van der Waals surface area contributed by atoms with E-state index < -0.39 is 5.97 Å². The number of aliphatic carboxylic acids is 1. The fourth-order valence-corrected chi connectivity index (χ4v) is 1.12. The molecule has 0 atom stereocenters. The van der Waals surface area contributed by atoms with Gasteiger partial charge < -0.3 is 21.1 Å². The van der Waals surface area contributed by atoms with Gasteiger partial charge in [0.05, 0.1) is 0 Å². The van der Waals surface area contributed by atoms with Gasteiger partial charge in [0, 0.05) is 6.42 Å². The highest BCUT2D eigenvalue weighted by Gasteiger charge is 2.12. The topological polar surface area (TPSA) is 107 Å². The molecule has 72 valence electrons. The minimum absolute atomic E-state index is 0.193. The lowest BCUT2D eigenvalue weighted by molar-refractivity contribution is -0.137. The van der Waals surface area contributed by atoms with E-state index in [4.69, 9.17) is 16.6 Å². The Labute approximate surface area is 75.2 Å². The van der Waals surface area contributed by atoms with Crippen LogP contribution in [-0.4, -0.2) is 20.6 Å². The van der Waals surface area contributed by atoms with Gasteiger partial charge in [0.15, 0.2) is 5.82 Å². The number of aryl methyl sites for hydroxylation is 1. The molecule has 0 bridgehead atoms. The Morgan fingerprint density at radius 2 is 2.23 bits per heavy atom. The number of anilines is 2. The molecular weight excluding hydrogens is 172 g/mol. The summed E-state index contributed by atoms with van der Waals surface area (Å²) in [5.74, 6) is 0.0496. The molecule has 5 N–H and O–H groups in total. The lowest BCUT2D eigenvalue weighted by atomic mass is 10.4. The van der Waals surface area contributed by atoms with Gasteiger partial charge >= 0.3 is 5.97 Å². The van der Waals surface area contributed by atoms with Crippen LogP contribution in [0.3, 0.4) is 0 Å². The van der Waals surface area contributed by atoms with Crippen LogP contribution in [0, 0.1) is 0 Å². The van der Waals surface area contributed by atoms with Crippen molar-refractivity contribution in [3.63, 3.8) is 0 Å². The van der Waals surface area contributed by atoms with Crippen molar-refractivity contribution in [3.05, 3.63) is 5.82 Å². The maximum atomic E-state index is 10.5. The van der Waals surface area contributed by atoms with Gasteiger partial charge in [-0.15, -0.1) is 0 Å². The molecule has 0 radical (unpaired) electrons. The molecule has 1 rings (SSSR count). The summed E-state index contributed by atoms with van der Waals surface area (Å²) in [6.45, 7) is 1.67. The standard InChI is InChI=1S/C7H12N4O2/c1-2-4-10-6(8)7(9)11(4)3-5(12)13/h2-3,8-9H2,1H3,(H,12,13). The number of hydrogen-bond acceptors (Lipinski definition) is 4. The Morgan fingerprint density at radius 1 is 1.62 bits per heavy atom. The third-order valence-corrected chi connectivity index (χ3v) is 1.72. The molecule has 0 saturated heterocycles. The average Bonchev–Trinajstić information content (AvgIpc) is 2.31. The molecule has 0 aliphatic carbocycles. The van der Waals surface area contributed by atoms with E-state index in [0.717, 1.165) is 0 Å². The van der Waals surface area contributed by atoms with Gasteiger partial charge in [-0.3, -0.25) is 4.79 Å². The van der Waals surface area contributed by atoms with Crippen LogP contribution in [0.1, 0.15) is 12.7 Å². The van der Waals surface area contributed by atoms with Crippen molar-refractivity contribution in [1.29, 1.82) is 0 Å². The molecule has 1 aromatic heterocycles. The van der Waals surface area contributed by atoms with Gasteiger partial charge in [0.2, 0.25) is 0 Å². The van der Waals surface area contributed by atoms with Crippen LogP contribution in [0.5, 0.6) is 0 Å². The van der Waals surface area contributed by atoms with E-state index in [1.165, 1.54) is 4.57 Å². The first-order valence-electron chi connectivity index (χ1n) is 3.88. The second kappa shape index (κ2) is 3.34. The summed E-state index contributed by atoms with van der Waals surface area (Å²) in [4.78, 5) is 14.4. The van der Waals surface area contributed by atoms with Gasteiger partial charge in [0.1, 0.15) is 18.2 Å². The number of hydrogen-bond donors (Lipinski definition) is 3. The average molecular weight is 184 g/mol. The first kappa shape index (κ1) is 9.37. The Kier molecular flexibility index (Phi) is 2.41. The predicted molar refractivity (Wildman–Crippen MR) is 48.1 cm³/mol. The smallest absolute Gasteiger partial charge is 0.323 e. The second-order valence-electron chi connectivity index (χ2n) is 2.63. The number of nitrogens with zero attached hydrogens (tertiary/aromatic N) is 2. The van der Waals surface area contributed by atoms with Crippen LogP contribution in [0.4, 0.5) is 11.6 Å². The Morgan fingerprint density at radius 3 is 2.69 bits per heavy atom. The van der Waals surface area contributed by atoms with Gasteiger partial charge in [-0.2, -0.15) is 0 Å². The van der Waals surface area contributed by atoms with Crippen LogP contribution in [0.15, 0.2) is 0 Å². The highest BCUT2D eigenvalue weighted by atomic mass is 16.4. The minimum Gasteiger partial charge on any atom is -0.480 e. The summed E-state index contributed by atoms with van der Waals surface area (Å²) < 4.78 is 1.40. The van der Waals surface area contributed by atoms with Crippen molar-refractivity contribution in [1.82, 2.24) is 9.55 Å². The van der Waals surface area contributed by atoms with Crippen LogP contribution in [-0.2, 0) is 17.8 Å². The molecule has 0 unspecified atom stereocenters. The number of aromatic nitrogens is 2. The van der Waals surface area contributed by atoms with E-state index in [9.17, 15) is 4.79 Å². The monoisotopic (exact) mass is 184 g/mol. The van der Waals surface area contributed by atoms with Gasteiger partial charge in [0.25, 0.3) is 0 Å². The highest BCUT2D eigenvalue weighted by Crippen LogP contribution is 2.16. The molecule has 1 heterocycles. The number of carboxylic acid groups (broad SMARTS) is 1. The first-order valence-corrected chi connectivity index (χ1v) is 3.88. The Hall–Kier alpha value is -1.72. The maximum absolute atomic E-state index is 10.5. The quantitative estimate of drug-likeness (QED) is 0.597. The molecule has 0 aromatic carbocycles. The van der Waals surface area contributed by atoms with Crippen molar-refractivity contribution in [2.24, 2.45) is 0 Å². The number of nitrogen functional groups attached to an aromatic ring is 2. The summed E-state index contributed by atoms with van der Waals surface area (Å²) in [5, 5.41) is 8.58. The second-order valence-corrected chi connectivity index (χ2v) is 2.63. The SMILES string of the molecule is CCc1nc(N)c(N)n1CC(=O)O. The molecular formula is C7H12N4O2. The first-order chi connectivity index (χ1) is 6.06. The summed E-state index contributed by atoms with van der Waals surface area (Å²) in [6, 6.07) is 0. The molecule has 0 saturated carbocycles. The van der Waals surface area contributed by atoms with E-state index in [1.807, 2.05) is 6.92 Å². The zero-order valence-electron chi connectivity index (χ0n) is 7.32. The molecule has 0 aliphatic rings. The summed E-state index contributed by atoms with van der Waals surface area (Å²) in [5.41, 5.74) is 11.0. The number of carbonyl (C=O) groups is 1. The molecule has 6 nitrogen and oxygen atoms in total. The van der Waals surface area contributed by atoms with E-state index in [2.05, 4.69) is 4.98 Å². The molecule has 0 spiro atoms. The summed E-state index contributed by atoms with van der Waals surface area (Å²) >= 11 is 0. The fraction of sp³-hybridized carbons (Fsp3) is 0.429. The van der Waals surface area contributed by atoms with E-state index in [1.54, 1.807) is 0 Å². The van der Waals surface area contributed by atoms with Crippen LogP contribution >= 0.6 is 0 Å². The van der Waals surface area contributed by atoms with Crippen molar-refractivity contribution in [3.8, 4) is 0 Å². The Bertz CT molecular complexity index is 331. The number of rotatable bonds is 3. The van der Waals surface area contributed by atoms with Crippen LogP contribution in [0.2, 0.25) is 0 Å². The zero-order chi connectivity index (χ0) is 10.0. The third-order valence-electron chi connectivity index (χ3n) is 1.72. The van der Waals surface area contributed by atoms with E-state index in [0.29, 0.717) is 12.2 Å². The van der Waals surface area contributed by atoms with Gasteiger partial charge in [-0.1, -0.05) is 6.92 Å². The van der Waals surface area contributed by atoms with Crippen LogP contribution in [0.25, 0.3) is 0 Å². The van der Waals surface area contributed by atoms with Gasteiger partial charge in [-0.05, 0) is 0 Å². The summed E-state index contributed by atoms with van der Waals surface area (Å²) in [7, 11) is 0. The number of carboxylic acids is 1. The zero-order valence-corrected chi connectivity index (χ0v) is 7.32. The molecule has 0 aliphatic heterocycles. The van der Waals surface area contributed by atoms with Crippen molar-refractivity contribution >= 4 is 17.6 Å². The lowest BCUT2D eigenvalue weighted by Crippen LogP contribution is -2.13. The number of imidazole rings is 1. The lowest BCUT2D eigenvalue weighted by Gasteiger charge is -2.03. The molecule has 0 fully saturated rings. The van der Waals surface area contributed by atoms with Crippen molar-refractivity contribution < 1.29 is 9.90 Å². The highest BCUT2D eigenvalue weighted by molar-refractivity contribution is 5.68. The molecule has 0 amide bonds. The largest absolute Gasteiger partial charge is 0.480 e. The minimum atomic E-state index is -0.959. The van der Waals surface area contributed by atoms with Gasteiger partial charge in [-0.25, -0.2) is 4.98 Å². The third kappa shape index (κ3) is 1.71.